The zero-order chi connectivity index (χ0) is 22.9. The van der Waals surface area contributed by atoms with Crippen LogP contribution in [0.2, 0.25) is 0 Å². The highest BCUT2D eigenvalue weighted by atomic mass is 16.6. The highest BCUT2D eigenvalue weighted by Crippen LogP contribution is 2.29. The quantitative estimate of drug-likeness (QED) is 0.583. The molecule has 0 aliphatic carbocycles. The molecule has 0 spiro atoms. The number of nitro benzene ring substituents is 1. The molecule has 3 rings (SSSR count). The van der Waals surface area contributed by atoms with E-state index in [4.69, 9.17) is 0 Å². The lowest BCUT2D eigenvalue weighted by atomic mass is 9.94. The minimum absolute atomic E-state index is 0.00910. The van der Waals surface area contributed by atoms with Crippen LogP contribution in [0.1, 0.15) is 45.6 Å². The largest absolute Gasteiger partial charge is 0.342 e. The van der Waals surface area contributed by atoms with Crippen LogP contribution in [0.25, 0.3) is 0 Å². The minimum atomic E-state index is -0.468. The number of amides is 3. The van der Waals surface area contributed by atoms with Crippen LogP contribution in [-0.2, 0) is 14.4 Å². The number of nitro groups is 1. The molecule has 1 unspecified atom stereocenters. The number of nitrogens with one attached hydrogen (secondary N) is 1. The maximum atomic E-state index is 12.9. The van der Waals surface area contributed by atoms with Crippen molar-refractivity contribution < 1.29 is 19.3 Å². The van der Waals surface area contributed by atoms with E-state index in [9.17, 15) is 24.5 Å². The zero-order valence-corrected chi connectivity index (χ0v) is 18.5. The molecule has 1 N–H and O–H groups in total. The number of anilines is 1. The van der Waals surface area contributed by atoms with Gasteiger partial charge in [-0.25, -0.2) is 0 Å². The van der Waals surface area contributed by atoms with Gasteiger partial charge < -0.3 is 15.1 Å². The van der Waals surface area contributed by atoms with Gasteiger partial charge in [-0.3, -0.25) is 24.5 Å². The van der Waals surface area contributed by atoms with Crippen LogP contribution in [-0.4, -0.2) is 57.6 Å². The molecule has 3 amide bonds. The van der Waals surface area contributed by atoms with Crippen LogP contribution in [0, 0.1) is 28.9 Å². The van der Waals surface area contributed by atoms with Crippen molar-refractivity contribution in [1.82, 2.24) is 9.80 Å². The van der Waals surface area contributed by atoms with Gasteiger partial charge in [-0.15, -0.1) is 0 Å². The minimum Gasteiger partial charge on any atom is -0.342 e. The highest BCUT2D eigenvalue weighted by molar-refractivity contribution is 5.94. The predicted molar refractivity (Wildman–Crippen MR) is 115 cm³/mol. The average Bonchev–Trinajstić information content (AvgIpc) is 3.11. The second kappa shape index (κ2) is 8.64. The van der Waals surface area contributed by atoms with Gasteiger partial charge in [0.25, 0.3) is 5.69 Å². The summed E-state index contributed by atoms with van der Waals surface area (Å²) >= 11 is 0. The summed E-state index contributed by atoms with van der Waals surface area (Å²) in [5.74, 6) is -0.683. The molecule has 31 heavy (non-hydrogen) atoms. The third kappa shape index (κ3) is 5.03. The van der Waals surface area contributed by atoms with Crippen molar-refractivity contribution in [3.63, 3.8) is 0 Å². The number of carbonyl (C=O) groups is 3. The molecule has 2 heterocycles. The summed E-state index contributed by atoms with van der Waals surface area (Å²) in [5.41, 5.74) is 0.871. The van der Waals surface area contributed by atoms with Gasteiger partial charge in [-0.2, -0.15) is 0 Å². The number of aryl methyl sites for hydroxylation is 1. The number of rotatable bonds is 4. The van der Waals surface area contributed by atoms with Crippen LogP contribution < -0.4 is 5.32 Å². The highest BCUT2D eigenvalue weighted by Gasteiger charge is 2.41. The molecule has 0 aromatic heterocycles. The number of hydrogen-bond acceptors (Lipinski definition) is 5. The monoisotopic (exact) mass is 430 g/mol. The lowest BCUT2D eigenvalue weighted by molar-refractivity contribution is -0.384. The molecule has 0 bridgehead atoms. The normalized spacial score (nSPS) is 20.1. The summed E-state index contributed by atoms with van der Waals surface area (Å²) in [6, 6.07) is 4.34. The molecule has 1 aromatic carbocycles. The topological polar surface area (TPSA) is 113 Å². The molecule has 1 atom stereocenters. The number of hydrogen-bond donors (Lipinski definition) is 1. The Bertz CT molecular complexity index is 900. The Morgan fingerprint density at radius 3 is 2.32 bits per heavy atom. The molecule has 2 aliphatic rings. The fourth-order valence-electron chi connectivity index (χ4n) is 4.28. The van der Waals surface area contributed by atoms with Gasteiger partial charge in [0, 0.05) is 55.3 Å². The molecule has 9 heteroatoms. The molecule has 2 fully saturated rings. The van der Waals surface area contributed by atoms with Crippen molar-refractivity contribution in [1.29, 1.82) is 0 Å². The van der Waals surface area contributed by atoms with Crippen LogP contribution in [0.4, 0.5) is 11.4 Å². The van der Waals surface area contributed by atoms with Gasteiger partial charge >= 0.3 is 0 Å². The van der Waals surface area contributed by atoms with E-state index in [0.29, 0.717) is 43.7 Å². The van der Waals surface area contributed by atoms with E-state index in [-0.39, 0.29) is 47.2 Å². The van der Waals surface area contributed by atoms with Crippen LogP contribution in [0.15, 0.2) is 18.2 Å². The van der Waals surface area contributed by atoms with Crippen molar-refractivity contribution in [2.75, 3.05) is 25.0 Å². The molecular weight excluding hydrogens is 400 g/mol. The van der Waals surface area contributed by atoms with E-state index in [0.717, 1.165) is 0 Å². The van der Waals surface area contributed by atoms with Gasteiger partial charge in [-0.1, -0.05) is 0 Å². The standard InChI is InChI=1S/C22H30N4O5/c1-14-11-17(26(30)31)5-6-18(14)23-20(28)15-7-9-24(10-8-15)21(29)16-12-19(27)25(13-16)22(2,3)4/h5-6,11,15-16H,7-10,12-13H2,1-4H3,(H,23,28). The fourth-order valence-corrected chi connectivity index (χ4v) is 4.28. The summed E-state index contributed by atoms with van der Waals surface area (Å²) in [5, 5.41) is 13.7. The Morgan fingerprint density at radius 2 is 1.81 bits per heavy atom. The van der Waals surface area contributed by atoms with E-state index in [1.165, 1.54) is 12.1 Å². The number of likely N-dealkylation sites (tertiary alicyclic amines) is 2. The zero-order valence-electron chi connectivity index (χ0n) is 18.5. The first-order valence-corrected chi connectivity index (χ1v) is 10.6. The van der Waals surface area contributed by atoms with Crippen molar-refractivity contribution >= 4 is 29.1 Å². The van der Waals surface area contributed by atoms with Crippen molar-refractivity contribution in [2.45, 2.75) is 52.5 Å². The van der Waals surface area contributed by atoms with Crippen molar-refractivity contribution in [3.05, 3.63) is 33.9 Å². The molecule has 0 radical (unpaired) electrons. The van der Waals surface area contributed by atoms with E-state index in [1.54, 1.807) is 22.8 Å². The molecule has 2 aliphatic heterocycles. The lowest BCUT2D eigenvalue weighted by Crippen LogP contribution is -2.46. The first kappa shape index (κ1) is 22.7. The summed E-state index contributed by atoms with van der Waals surface area (Å²) in [6.07, 6.45) is 1.34. The number of nitrogens with zero attached hydrogens (tertiary/aromatic N) is 3. The average molecular weight is 431 g/mol. The Labute approximate surface area is 181 Å². The molecular formula is C22H30N4O5. The summed E-state index contributed by atoms with van der Waals surface area (Å²) < 4.78 is 0. The Kier molecular flexibility index (Phi) is 6.33. The maximum absolute atomic E-state index is 12.9. The molecule has 168 valence electrons. The van der Waals surface area contributed by atoms with Crippen molar-refractivity contribution in [3.8, 4) is 0 Å². The van der Waals surface area contributed by atoms with Crippen LogP contribution in [0.3, 0.4) is 0 Å². The predicted octanol–water partition coefficient (Wildman–Crippen LogP) is 2.73. The maximum Gasteiger partial charge on any atom is 0.269 e. The van der Waals surface area contributed by atoms with Crippen LogP contribution >= 0.6 is 0 Å². The lowest BCUT2D eigenvalue weighted by Gasteiger charge is -2.34. The van der Waals surface area contributed by atoms with Gasteiger partial charge in [-0.05, 0) is 52.2 Å². The van der Waals surface area contributed by atoms with Gasteiger partial charge in [0.05, 0.1) is 10.8 Å². The van der Waals surface area contributed by atoms with E-state index in [2.05, 4.69) is 5.32 Å². The number of piperidine rings is 1. The fraction of sp³-hybridized carbons (Fsp3) is 0.591. The smallest absolute Gasteiger partial charge is 0.269 e. The summed E-state index contributed by atoms with van der Waals surface area (Å²) in [6.45, 7) is 9.03. The van der Waals surface area contributed by atoms with E-state index < -0.39 is 4.92 Å². The van der Waals surface area contributed by atoms with Gasteiger partial charge in [0.15, 0.2) is 0 Å². The molecule has 2 saturated heterocycles. The van der Waals surface area contributed by atoms with Gasteiger partial charge in [0.1, 0.15) is 0 Å². The first-order valence-electron chi connectivity index (χ1n) is 10.6. The van der Waals surface area contributed by atoms with Gasteiger partial charge in [0.2, 0.25) is 17.7 Å². The molecule has 0 saturated carbocycles. The van der Waals surface area contributed by atoms with Crippen molar-refractivity contribution in [2.24, 2.45) is 11.8 Å². The summed E-state index contributed by atoms with van der Waals surface area (Å²) in [4.78, 5) is 51.8. The molecule has 1 aromatic rings. The number of carbonyl (C=O) groups excluding carboxylic acids is 3. The third-order valence-corrected chi connectivity index (χ3v) is 6.14. The van der Waals surface area contributed by atoms with Crippen LogP contribution in [0.5, 0.6) is 0 Å². The Morgan fingerprint density at radius 1 is 1.16 bits per heavy atom. The second-order valence-electron chi connectivity index (χ2n) is 9.42. The number of non-ortho nitro benzene ring substituents is 1. The molecule has 9 nitrogen and oxygen atoms in total. The SMILES string of the molecule is Cc1cc([N+](=O)[O-])ccc1NC(=O)C1CCN(C(=O)C2CC(=O)N(C(C)(C)C)C2)CC1. The Hall–Kier alpha value is -2.97. The van der Waals surface area contributed by atoms with E-state index in [1.807, 2.05) is 20.8 Å². The third-order valence-electron chi connectivity index (χ3n) is 6.14. The van der Waals surface area contributed by atoms with E-state index >= 15 is 0 Å². The Balaban J connectivity index is 1.54. The second-order valence-corrected chi connectivity index (χ2v) is 9.42. The summed E-state index contributed by atoms with van der Waals surface area (Å²) in [7, 11) is 0. The first-order chi connectivity index (χ1) is 14.5. The number of benzene rings is 1.